The van der Waals surface area contributed by atoms with Crippen LogP contribution in [0.2, 0.25) is 0 Å². The molecule has 1 fully saturated rings. The molecule has 0 spiro atoms. The van der Waals surface area contributed by atoms with Crippen molar-refractivity contribution in [3.63, 3.8) is 0 Å². The van der Waals surface area contributed by atoms with Gasteiger partial charge in [0.2, 0.25) is 5.88 Å². The highest BCUT2D eigenvalue weighted by Gasteiger charge is 2.09. The molecule has 0 radical (unpaired) electrons. The zero-order valence-electron chi connectivity index (χ0n) is 12.7. The highest BCUT2D eigenvalue weighted by Crippen LogP contribution is 2.22. The first-order valence-corrected chi connectivity index (χ1v) is 7.92. The molecule has 1 aromatic heterocycles. The van der Waals surface area contributed by atoms with Crippen LogP contribution in [0.5, 0.6) is 11.6 Å². The molecule has 4 nitrogen and oxygen atoms in total. The molecule has 1 aromatic carbocycles. The van der Waals surface area contributed by atoms with E-state index in [9.17, 15) is 5.11 Å². The number of pyridine rings is 1. The number of phenols is 1. The van der Waals surface area contributed by atoms with E-state index in [1.165, 1.54) is 32.4 Å². The Morgan fingerprint density at radius 1 is 0.955 bits per heavy atom. The van der Waals surface area contributed by atoms with Crippen LogP contribution in [-0.2, 0) is 0 Å². The van der Waals surface area contributed by atoms with Gasteiger partial charge in [-0.05, 0) is 49.7 Å². The maximum absolute atomic E-state index is 9.31. The fourth-order valence-corrected chi connectivity index (χ4v) is 2.75. The number of rotatable bonds is 5. The van der Waals surface area contributed by atoms with Crippen LogP contribution >= 0.6 is 0 Å². The summed E-state index contributed by atoms with van der Waals surface area (Å²) in [5, 5.41) is 9.31. The summed E-state index contributed by atoms with van der Waals surface area (Å²) in [5.74, 6) is 0.939. The zero-order valence-corrected chi connectivity index (χ0v) is 12.7. The molecular weight excluding hydrogens is 276 g/mol. The van der Waals surface area contributed by atoms with Gasteiger partial charge in [-0.1, -0.05) is 18.6 Å². The van der Waals surface area contributed by atoms with Crippen molar-refractivity contribution in [2.45, 2.75) is 19.3 Å². The summed E-state index contributed by atoms with van der Waals surface area (Å²) in [6.45, 7) is 4.04. The number of hydrogen-bond donors (Lipinski definition) is 1. The largest absolute Gasteiger partial charge is 0.508 e. The van der Waals surface area contributed by atoms with E-state index in [-0.39, 0.29) is 5.75 Å². The van der Waals surface area contributed by atoms with Crippen molar-refractivity contribution in [3.8, 4) is 22.8 Å². The average molecular weight is 298 g/mol. The highest BCUT2D eigenvalue weighted by atomic mass is 16.5. The predicted octanol–water partition coefficient (Wildman–Crippen LogP) is 3.32. The average Bonchev–Trinajstić information content (AvgIpc) is 2.57. The Morgan fingerprint density at radius 2 is 1.68 bits per heavy atom. The minimum Gasteiger partial charge on any atom is -0.508 e. The molecule has 0 amide bonds. The van der Waals surface area contributed by atoms with Crippen molar-refractivity contribution in [1.82, 2.24) is 9.88 Å². The normalized spacial score (nSPS) is 15.6. The van der Waals surface area contributed by atoms with Crippen LogP contribution in [0.4, 0.5) is 0 Å². The molecule has 2 aromatic rings. The Bertz CT molecular complexity index is 575. The fraction of sp³-hybridized carbons (Fsp3) is 0.389. The van der Waals surface area contributed by atoms with Gasteiger partial charge in [-0.3, -0.25) is 4.90 Å². The number of likely N-dealkylation sites (tertiary alicyclic amines) is 1. The SMILES string of the molecule is Oc1ccc(-c2ccc(OCCN3CCCCC3)nc2)cc1. The third kappa shape index (κ3) is 3.98. The van der Waals surface area contributed by atoms with E-state index < -0.39 is 0 Å². The van der Waals surface area contributed by atoms with Gasteiger partial charge in [-0.15, -0.1) is 0 Å². The minimum atomic E-state index is 0.273. The summed E-state index contributed by atoms with van der Waals surface area (Å²) in [5.41, 5.74) is 2.05. The van der Waals surface area contributed by atoms with E-state index in [2.05, 4.69) is 9.88 Å². The van der Waals surface area contributed by atoms with Gasteiger partial charge >= 0.3 is 0 Å². The number of aromatic nitrogens is 1. The van der Waals surface area contributed by atoms with Gasteiger partial charge in [0, 0.05) is 24.4 Å². The van der Waals surface area contributed by atoms with Gasteiger partial charge in [-0.25, -0.2) is 4.98 Å². The van der Waals surface area contributed by atoms with Gasteiger partial charge in [0.25, 0.3) is 0 Å². The van der Waals surface area contributed by atoms with E-state index in [1.54, 1.807) is 12.1 Å². The highest BCUT2D eigenvalue weighted by molar-refractivity contribution is 5.63. The summed E-state index contributed by atoms with van der Waals surface area (Å²) in [7, 11) is 0. The van der Waals surface area contributed by atoms with Gasteiger partial charge in [-0.2, -0.15) is 0 Å². The van der Waals surface area contributed by atoms with Gasteiger partial charge in [0.05, 0.1) is 0 Å². The van der Waals surface area contributed by atoms with Crippen LogP contribution in [0.3, 0.4) is 0 Å². The first kappa shape index (κ1) is 14.9. The van der Waals surface area contributed by atoms with Gasteiger partial charge < -0.3 is 9.84 Å². The molecule has 2 heterocycles. The molecule has 1 aliphatic heterocycles. The first-order chi connectivity index (χ1) is 10.8. The second kappa shape index (κ2) is 7.27. The van der Waals surface area contributed by atoms with Crippen molar-refractivity contribution in [1.29, 1.82) is 0 Å². The number of benzene rings is 1. The molecule has 0 aliphatic carbocycles. The van der Waals surface area contributed by atoms with E-state index in [0.717, 1.165) is 17.7 Å². The third-order valence-electron chi connectivity index (χ3n) is 4.04. The minimum absolute atomic E-state index is 0.273. The molecule has 116 valence electrons. The summed E-state index contributed by atoms with van der Waals surface area (Å²) in [4.78, 5) is 6.81. The van der Waals surface area contributed by atoms with Crippen LogP contribution < -0.4 is 4.74 Å². The van der Waals surface area contributed by atoms with Crippen LogP contribution in [0.15, 0.2) is 42.6 Å². The lowest BCUT2D eigenvalue weighted by atomic mass is 10.1. The molecule has 1 aliphatic rings. The third-order valence-corrected chi connectivity index (χ3v) is 4.04. The lowest BCUT2D eigenvalue weighted by Crippen LogP contribution is -2.33. The number of nitrogens with zero attached hydrogens (tertiary/aromatic N) is 2. The topological polar surface area (TPSA) is 45.6 Å². The molecule has 0 atom stereocenters. The quantitative estimate of drug-likeness (QED) is 0.920. The molecule has 22 heavy (non-hydrogen) atoms. The summed E-state index contributed by atoms with van der Waals surface area (Å²) in [6, 6.07) is 11.0. The van der Waals surface area contributed by atoms with E-state index in [4.69, 9.17) is 4.74 Å². The van der Waals surface area contributed by atoms with Crippen molar-refractivity contribution in [2.75, 3.05) is 26.2 Å². The number of aromatic hydroxyl groups is 1. The Morgan fingerprint density at radius 3 is 2.36 bits per heavy atom. The number of piperidine rings is 1. The Hall–Kier alpha value is -2.07. The maximum Gasteiger partial charge on any atom is 0.213 e. The number of hydrogen-bond acceptors (Lipinski definition) is 4. The van der Waals surface area contributed by atoms with Crippen molar-refractivity contribution in [2.24, 2.45) is 0 Å². The van der Waals surface area contributed by atoms with Crippen LogP contribution in [0, 0.1) is 0 Å². The smallest absolute Gasteiger partial charge is 0.213 e. The first-order valence-electron chi connectivity index (χ1n) is 7.92. The molecule has 0 saturated carbocycles. The lowest BCUT2D eigenvalue weighted by molar-refractivity contribution is 0.180. The predicted molar refractivity (Wildman–Crippen MR) is 87.1 cm³/mol. The van der Waals surface area contributed by atoms with Gasteiger partial charge in [0.15, 0.2) is 0 Å². The van der Waals surface area contributed by atoms with E-state index in [1.807, 2.05) is 30.5 Å². The standard InChI is InChI=1S/C18H22N2O2/c21-17-7-4-15(5-8-17)16-6-9-18(19-14-16)22-13-12-20-10-2-1-3-11-20/h4-9,14,21H,1-3,10-13H2. The zero-order chi connectivity index (χ0) is 15.2. The van der Waals surface area contributed by atoms with Crippen molar-refractivity contribution < 1.29 is 9.84 Å². The Labute approximate surface area is 131 Å². The van der Waals surface area contributed by atoms with Crippen LogP contribution in [0.1, 0.15) is 19.3 Å². The number of phenolic OH excluding ortho intramolecular Hbond substituents is 1. The van der Waals surface area contributed by atoms with Crippen molar-refractivity contribution in [3.05, 3.63) is 42.6 Å². The molecule has 4 heteroatoms. The molecule has 3 rings (SSSR count). The number of ether oxygens (including phenoxy) is 1. The van der Waals surface area contributed by atoms with E-state index >= 15 is 0 Å². The second-order valence-corrected chi connectivity index (χ2v) is 5.68. The molecule has 1 saturated heterocycles. The molecule has 0 unspecified atom stereocenters. The summed E-state index contributed by atoms with van der Waals surface area (Å²) >= 11 is 0. The summed E-state index contributed by atoms with van der Waals surface area (Å²) < 4.78 is 5.73. The van der Waals surface area contributed by atoms with E-state index in [0.29, 0.717) is 12.5 Å². The monoisotopic (exact) mass is 298 g/mol. The maximum atomic E-state index is 9.31. The molecule has 0 bridgehead atoms. The molecule has 1 N–H and O–H groups in total. The van der Waals surface area contributed by atoms with Crippen LogP contribution in [-0.4, -0.2) is 41.2 Å². The Kier molecular flexibility index (Phi) is 4.91. The fourth-order valence-electron chi connectivity index (χ4n) is 2.75. The molecular formula is C18H22N2O2. The second-order valence-electron chi connectivity index (χ2n) is 5.68. The summed E-state index contributed by atoms with van der Waals surface area (Å²) in [6.07, 6.45) is 5.78. The Balaban J connectivity index is 1.51. The lowest BCUT2D eigenvalue weighted by Gasteiger charge is -2.26. The van der Waals surface area contributed by atoms with Crippen molar-refractivity contribution >= 4 is 0 Å². The van der Waals surface area contributed by atoms with Gasteiger partial charge in [0.1, 0.15) is 12.4 Å². The van der Waals surface area contributed by atoms with Crippen LogP contribution in [0.25, 0.3) is 11.1 Å².